The van der Waals surface area contributed by atoms with Crippen molar-refractivity contribution in [3.05, 3.63) is 24.3 Å². The van der Waals surface area contributed by atoms with Crippen molar-refractivity contribution < 1.29 is 8.42 Å². The zero-order chi connectivity index (χ0) is 12.9. The maximum absolute atomic E-state index is 12.3. The first-order valence-corrected chi connectivity index (χ1v) is 7.70. The van der Waals surface area contributed by atoms with Gasteiger partial charge in [0.1, 0.15) is 0 Å². The number of hydrogen-bond donors (Lipinski definition) is 1. The minimum atomic E-state index is -3.34. The van der Waals surface area contributed by atoms with E-state index in [1.165, 1.54) is 0 Å². The third-order valence-electron chi connectivity index (χ3n) is 2.42. The van der Waals surface area contributed by atoms with Crippen LogP contribution in [0.15, 0.2) is 34.1 Å². The van der Waals surface area contributed by atoms with E-state index in [1.54, 1.807) is 28.6 Å². The minimum Gasteiger partial charge on any atom is -0.207 e. The molecule has 0 atom stereocenters. The van der Waals surface area contributed by atoms with Crippen molar-refractivity contribution in [2.24, 2.45) is 0 Å². The van der Waals surface area contributed by atoms with Crippen LogP contribution in [0.2, 0.25) is 0 Å². The van der Waals surface area contributed by atoms with Gasteiger partial charge in [-0.1, -0.05) is 13.8 Å². The average molecular weight is 273 g/mol. The molecule has 1 rings (SSSR count). The summed E-state index contributed by atoms with van der Waals surface area (Å²) in [5.41, 5.74) is 0. The highest BCUT2D eigenvalue weighted by molar-refractivity contribution is 7.89. The van der Waals surface area contributed by atoms with Crippen LogP contribution in [0.4, 0.5) is 0 Å². The van der Waals surface area contributed by atoms with Gasteiger partial charge in [0.2, 0.25) is 10.0 Å². The number of thiol groups is 1. The van der Waals surface area contributed by atoms with E-state index in [-0.39, 0.29) is 0 Å². The summed E-state index contributed by atoms with van der Waals surface area (Å²) in [6.07, 6.45) is 1.65. The van der Waals surface area contributed by atoms with Crippen molar-refractivity contribution in [3.63, 3.8) is 0 Å². The van der Waals surface area contributed by atoms with E-state index in [0.29, 0.717) is 18.0 Å². The van der Waals surface area contributed by atoms with Gasteiger partial charge in [-0.2, -0.15) is 4.31 Å². The summed E-state index contributed by atoms with van der Waals surface area (Å²) in [7, 11) is -3.34. The predicted octanol–water partition coefficient (Wildman–Crippen LogP) is 2.79. The molecule has 1 aromatic carbocycles. The Balaban J connectivity index is 3.02. The number of hydrogen-bond acceptors (Lipinski definition) is 3. The first-order chi connectivity index (χ1) is 8.02. The summed E-state index contributed by atoms with van der Waals surface area (Å²) in [5.74, 6) is 0. The van der Waals surface area contributed by atoms with Crippen molar-refractivity contribution in [2.75, 3.05) is 13.1 Å². The van der Waals surface area contributed by atoms with Gasteiger partial charge in [0.25, 0.3) is 0 Å². The molecule has 0 aromatic heterocycles. The summed E-state index contributed by atoms with van der Waals surface area (Å²) < 4.78 is 26.2. The van der Waals surface area contributed by atoms with E-state index in [0.717, 1.165) is 17.7 Å². The lowest BCUT2D eigenvalue weighted by Crippen LogP contribution is -2.32. The van der Waals surface area contributed by atoms with Crippen LogP contribution in [0.5, 0.6) is 0 Å². The molecule has 0 aliphatic carbocycles. The Kier molecular flexibility index (Phi) is 5.49. The van der Waals surface area contributed by atoms with Crippen LogP contribution in [0.1, 0.15) is 26.7 Å². The number of sulfonamides is 1. The number of nitrogens with zero attached hydrogens (tertiary/aromatic N) is 1. The fraction of sp³-hybridized carbons (Fsp3) is 0.500. The van der Waals surface area contributed by atoms with E-state index >= 15 is 0 Å². The Labute approximate surface area is 109 Å². The maximum atomic E-state index is 12.3. The van der Waals surface area contributed by atoms with Gasteiger partial charge >= 0.3 is 0 Å². The zero-order valence-electron chi connectivity index (χ0n) is 10.3. The van der Waals surface area contributed by atoms with Crippen molar-refractivity contribution >= 4 is 22.7 Å². The standard InChI is InChI=1S/C12H19NO2S2/c1-3-9-13(10-4-2)17(14,15)12-7-5-11(16)6-8-12/h5-8,16H,3-4,9-10H2,1-2H3. The molecular formula is C12H19NO2S2. The van der Waals surface area contributed by atoms with Crippen LogP contribution >= 0.6 is 12.6 Å². The van der Waals surface area contributed by atoms with Crippen LogP contribution in [0, 0.1) is 0 Å². The van der Waals surface area contributed by atoms with Crippen LogP contribution in [-0.4, -0.2) is 25.8 Å². The van der Waals surface area contributed by atoms with Gasteiger partial charge in [-0.25, -0.2) is 8.42 Å². The van der Waals surface area contributed by atoms with Crippen molar-refractivity contribution in [1.29, 1.82) is 0 Å². The number of rotatable bonds is 6. The third kappa shape index (κ3) is 3.72. The number of benzene rings is 1. The topological polar surface area (TPSA) is 37.4 Å². The highest BCUT2D eigenvalue weighted by Crippen LogP contribution is 2.18. The Bertz CT molecular complexity index is 434. The van der Waals surface area contributed by atoms with Gasteiger partial charge in [-0.3, -0.25) is 0 Å². The molecule has 0 saturated heterocycles. The van der Waals surface area contributed by atoms with E-state index in [4.69, 9.17) is 0 Å². The Hall–Kier alpha value is -0.520. The summed E-state index contributed by atoms with van der Waals surface area (Å²) >= 11 is 4.15. The van der Waals surface area contributed by atoms with Crippen LogP contribution < -0.4 is 0 Å². The lowest BCUT2D eigenvalue weighted by Gasteiger charge is -2.20. The lowest BCUT2D eigenvalue weighted by atomic mass is 10.4. The van der Waals surface area contributed by atoms with Crippen molar-refractivity contribution in [2.45, 2.75) is 36.5 Å². The van der Waals surface area contributed by atoms with E-state index in [2.05, 4.69) is 12.6 Å². The molecule has 0 heterocycles. The van der Waals surface area contributed by atoms with Crippen LogP contribution in [-0.2, 0) is 10.0 Å². The Morgan fingerprint density at radius 1 is 1.06 bits per heavy atom. The van der Waals surface area contributed by atoms with E-state index in [9.17, 15) is 8.42 Å². The Morgan fingerprint density at radius 2 is 1.53 bits per heavy atom. The highest BCUT2D eigenvalue weighted by Gasteiger charge is 2.22. The fourth-order valence-electron chi connectivity index (χ4n) is 1.62. The van der Waals surface area contributed by atoms with E-state index < -0.39 is 10.0 Å². The fourth-order valence-corrected chi connectivity index (χ4v) is 3.39. The summed E-state index contributed by atoms with van der Waals surface area (Å²) in [5, 5.41) is 0. The first kappa shape index (κ1) is 14.5. The van der Waals surface area contributed by atoms with Gasteiger partial charge in [-0.15, -0.1) is 12.6 Å². The minimum absolute atomic E-state index is 0.345. The second kappa shape index (κ2) is 6.42. The molecule has 0 unspecified atom stereocenters. The third-order valence-corrected chi connectivity index (χ3v) is 4.63. The second-order valence-corrected chi connectivity index (χ2v) is 6.35. The first-order valence-electron chi connectivity index (χ1n) is 5.81. The largest absolute Gasteiger partial charge is 0.243 e. The molecule has 0 aliphatic rings. The summed E-state index contributed by atoms with van der Waals surface area (Å²) in [6.45, 7) is 5.10. The molecule has 1 aromatic rings. The van der Waals surface area contributed by atoms with Gasteiger partial charge in [-0.05, 0) is 37.1 Å². The van der Waals surface area contributed by atoms with Gasteiger partial charge in [0.15, 0.2) is 0 Å². The monoisotopic (exact) mass is 273 g/mol. The molecule has 0 spiro atoms. The predicted molar refractivity (Wildman–Crippen MR) is 73.0 cm³/mol. The summed E-state index contributed by atoms with van der Waals surface area (Å²) in [4.78, 5) is 1.11. The molecule has 0 radical (unpaired) electrons. The van der Waals surface area contributed by atoms with Gasteiger partial charge < -0.3 is 0 Å². The van der Waals surface area contributed by atoms with Crippen molar-refractivity contribution in [3.8, 4) is 0 Å². The normalized spacial score (nSPS) is 12.0. The highest BCUT2D eigenvalue weighted by atomic mass is 32.2. The molecule has 0 bridgehead atoms. The molecular weight excluding hydrogens is 254 g/mol. The Morgan fingerprint density at radius 3 is 1.94 bits per heavy atom. The SMILES string of the molecule is CCCN(CCC)S(=O)(=O)c1ccc(S)cc1. The molecule has 0 N–H and O–H groups in total. The molecule has 3 nitrogen and oxygen atoms in total. The zero-order valence-corrected chi connectivity index (χ0v) is 12.0. The van der Waals surface area contributed by atoms with Gasteiger partial charge in [0, 0.05) is 18.0 Å². The molecule has 0 saturated carbocycles. The molecule has 0 aliphatic heterocycles. The second-order valence-electron chi connectivity index (χ2n) is 3.90. The lowest BCUT2D eigenvalue weighted by molar-refractivity contribution is 0.410. The van der Waals surface area contributed by atoms with Crippen LogP contribution in [0.3, 0.4) is 0 Å². The van der Waals surface area contributed by atoms with Gasteiger partial charge in [0.05, 0.1) is 4.90 Å². The molecule has 17 heavy (non-hydrogen) atoms. The molecule has 0 amide bonds. The maximum Gasteiger partial charge on any atom is 0.243 e. The summed E-state index contributed by atoms with van der Waals surface area (Å²) in [6, 6.07) is 6.62. The smallest absolute Gasteiger partial charge is 0.207 e. The van der Waals surface area contributed by atoms with E-state index in [1.807, 2.05) is 13.8 Å². The van der Waals surface area contributed by atoms with Crippen LogP contribution in [0.25, 0.3) is 0 Å². The molecule has 96 valence electrons. The average Bonchev–Trinajstić information content (AvgIpc) is 2.29. The molecule has 0 fully saturated rings. The molecule has 5 heteroatoms. The quantitative estimate of drug-likeness (QED) is 0.809. The van der Waals surface area contributed by atoms with Crippen molar-refractivity contribution in [1.82, 2.24) is 4.31 Å².